The van der Waals surface area contributed by atoms with Crippen molar-refractivity contribution in [3.8, 4) is 0 Å². The van der Waals surface area contributed by atoms with Crippen molar-refractivity contribution < 1.29 is 31.4 Å². The molecule has 1 nitrogen and oxygen atoms in total. The van der Waals surface area contributed by atoms with E-state index in [1.54, 1.807) is 20.8 Å². The molecule has 20 heavy (non-hydrogen) atoms. The summed E-state index contributed by atoms with van der Waals surface area (Å²) in [5.74, 6) is 0. The molecule has 0 aliphatic heterocycles. The van der Waals surface area contributed by atoms with Crippen LogP contribution in [0.3, 0.4) is 0 Å². The molecular formula is C13H14F6O. The summed E-state index contributed by atoms with van der Waals surface area (Å²) in [7, 11) is 0. The molecule has 1 aromatic rings. The first-order valence-electron chi connectivity index (χ1n) is 5.68. The van der Waals surface area contributed by atoms with Crippen molar-refractivity contribution in [1.29, 1.82) is 0 Å². The zero-order chi connectivity index (χ0) is 16.0. The molecule has 1 N–H and O–H groups in total. The molecular weight excluding hydrogens is 286 g/mol. The molecule has 1 rings (SSSR count). The Labute approximate surface area is 112 Å². The van der Waals surface area contributed by atoms with E-state index in [4.69, 9.17) is 0 Å². The number of benzene rings is 1. The molecule has 1 aromatic carbocycles. The molecule has 0 unspecified atom stereocenters. The van der Waals surface area contributed by atoms with Crippen LogP contribution in [0.1, 0.15) is 31.9 Å². The quantitative estimate of drug-likeness (QED) is 0.767. The van der Waals surface area contributed by atoms with Crippen molar-refractivity contribution in [2.75, 3.05) is 0 Å². The van der Waals surface area contributed by atoms with E-state index < -0.39 is 28.9 Å². The molecule has 0 aliphatic carbocycles. The maximum Gasteiger partial charge on any atom is 0.430 e. The van der Waals surface area contributed by atoms with Gasteiger partial charge in [0, 0.05) is 5.56 Å². The number of rotatable bonds is 1. The molecule has 0 amide bonds. The summed E-state index contributed by atoms with van der Waals surface area (Å²) in [6.45, 7) is 4.94. The summed E-state index contributed by atoms with van der Waals surface area (Å²) in [5.41, 5.74) is -6.48. The van der Waals surface area contributed by atoms with Crippen LogP contribution < -0.4 is 0 Å². The Kier molecular flexibility index (Phi) is 3.91. The fourth-order valence-electron chi connectivity index (χ4n) is 1.70. The Morgan fingerprint density at radius 3 is 1.55 bits per heavy atom. The van der Waals surface area contributed by atoms with Crippen LogP contribution in [0.25, 0.3) is 0 Å². The molecule has 0 radical (unpaired) electrons. The van der Waals surface area contributed by atoms with Crippen LogP contribution in [0.5, 0.6) is 0 Å². The number of aliphatic hydroxyl groups is 1. The third-order valence-corrected chi connectivity index (χ3v) is 2.97. The maximum absolute atomic E-state index is 12.7. The second kappa shape index (κ2) is 4.65. The molecule has 0 aliphatic rings. The number of hydrogen-bond acceptors (Lipinski definition) is 1. The summed E-state index contributed by atoms with van der Waals surface area (Å²) in [5, 5.41) is 9.30. The van der Waals surface area contributed by atoms with Crippen molar-refractivity contribution in [2.45, 2.75) is 44.1 Å². The summed E-state index contributed by atoms with van der Waals surface area (Å²) in [4.78, 5) is 0. The van der Waals surface area contributed by atoms with Crippen LogP contribution in [-0.2, 0) is 11.0 Å². The lowest BCUT2D eigenvalue weighted by Crippen LogP contribution is -2.54. The Bertz CT molecular complexity index is 467. The second-order valence-electron chi connectivity index (χ2n) is 5.54. The summed E-state index contributed by atoms with van der Waals surface area (Å²) >= 11 is 0. The molecule has 0 bridgehead atoms. The van der Waals surface area contributed by atoms with Crippen LogP contribution in [0.15, 0.2) is 24.3 Å². The lowest BCUT2D eigenvalue weighted by atomic mass is 9.83. The first-order valence-corrected chi connectivity index (χ1v) is 5.68. The summed E-state index contributed by atoms with van der Waals surface area (Å²) in [6.07, 6.45) is -11.7. The van der Waals surface area contributed by atoms with Gasteiger partial charge in [0.05, 0.1) is 0 Å². The second-order valence-corrected chi connectivity index (χ2v) is 5.54. The van der Waals surface area contributed by atoms with Gasteiger partial charge in [-0.05, 0) is 11.0 Å². The predicted molar refractivity (Wildman–Crippen MR) is 61.1 cm³/mol. The van der Waals surface area contributed by atoms with Crippen LogP contribution in [0, 0.1) is 0 Å². The molecule has 0 atom stereocenters. The fraction of sp³-hybridized carbons (Fsp3) is 0.538. The van der Waals surface area contributed by atoms with Gasteiger partial charge in [0.25, 0.3) is 5.60 Å². The van der Waals surface area contributed by atoms with Crippen LogP contribution in [0.4, 0.5) is 26.3 Å². The van der Waals surface area contributed by atoms with Crippen molar-refractivity contribution in [3.05, 3.63) is 35.4 Å². The highest BCUT2D eigenvalue weighted by Gasteiger charge is 2.71. The number of halogens is 6. The molecule has 114 valence electrons. The van der Waals surface area contributed by atoms with E-state index in [1.807, 2.05) is 0 Å². The minimum atomic E-state index is -5.86. The van der Waals surface area contributed by atoms with Crippen LogP contribution in [0.2, 0.25) is 0 Å². The topological polar surface area (TPSA) is 20.2 Å². The monoisotopic (exact) mass is 300 g/mol. The average Bonchev–Trinajstić information content (AvgIpc) is 2.24. The van der Waals surface area contributed by atoms with Gasteiger partial charge in [0.1, 0.15) is 0 Å². The van der Waals surface area contributed by atoms with Crippen LogP contribution >= 0.6 is 0 Å². The Morgan fingerprint density at radius 1 is 0.800 bits per heavy atom. The van der Waals surface area contributed by atoms with E-state index in [-0.39, 0.29) is 5.56 Å². The van der Waals surface area contributed by atoms with E-state index in [1.165, 1.54) is 6.07 Å². The minimum Gasteiger partial charge on any atom is -0.369 e. The number of hydrogen-bond donors (Lipinski definition) is 1. The lowest BCUT2D eigenvalue weighted by Gasteiger charge is -2.33. The van der Waals surface area contributed by atoms with Gasteiger partial charge in [-0.3, -0.25) is 0 Å². The van der Waals surface area contributed by atoms with Gasteiger partial charge in [0.2, 0.25) is 0 Å². The molecule has 0 aromatic heterocycles. The molecule has 0 heterocycles. The largest absolute Gasteiger partial charge is 0.430 e. The van der Waals surface area contributed by atoms with Gasteiger partial charge in [-0.1, -0.05) is 45.0 Å². The van der Waals surface area contributed by atoms with Gasteiger partial charge >= 0.3 is 12.4 Å². The van der Waals surface area contributed by atoms with Gasteiger partial charge in [-0.15, -0.1) is 0 Å². The zero-order valence-corrected chi connectivity index (χ0v) is 11.0. The van der Waals surface area contributed by atoms with Gasteiger partial charge < -0.3 is 5.11 Å². The normalized spacial score (nSPS) is 14.5. The minimum absolute atomic E-state index is 0.266. The van der Waals surface area contributed by atoms with Gasteiger partial charge in [-0.2, -0.15) is 26.3 Å². The Hall–Kier alpha value is -1.24. The standard InChI is InChI=1S/C13H14F6O/c1-10(2,3)8-5-4-6-9(7-8)11(20,12(14,15)16)13(17,18)19/h4-7,20H,1-3H3. The van der Waals surface area contributed by atoms with Crippen molar-refractivity contribution in [1.82, 2.24) is 0 Å². The number of alkyl halides is 6. The predicted octanol–water partition coefficient (Wildman–Crippen LogP) is 4.30. The van der Waals surface area contributed by atoms with E-state index in [9.17, 15) is 31.4 Å². The maximum atomic E-state index is 12.7. The van der Waals surface area contributed by atoms with E-state index in [2.05, 4.69) is 0 Å². The highest BCUT2D eigenvalue weighted by molar-refractivity contribution is 5.34. The highest BCUT2D eigenvalue weighted by Crippen LogP contribution is 2.50. The average molecular weight is 300 g/mol. The molecule has 0 fully saturated rings. The van der Waals surface area contributed by atoms with Crippen molar-refractivity contribution in [3.63, 3.8) is 0 Å². The third-order valence-electron chi connectivity index (χ3n) is 2.97. The first kappa shape index (κ1) is 16.8. The van der Waals surface area contributed by atoms with Crippen molar-refractivity contribution >= 4 is 0 Å². The third kappa shape index (κ3) is 2.77. The molecule has 0 saturated heterocycles. The smallest absolute Gasteiger partial charge is 0.369 e. The van der Waals surface area contributed by atoms with Crippen LogP contribution in [-0.4, -0.2) is 17.5 Å². The zero-order valence-electron chi connectivity index (χ0n) is 11.0. The lowest BCUT2D eigenvalue weighted by molar-refractivity contribution is -0.376. The Balaban J connectivity index is 3.53. The van der Waals surface area contributed by atoms with E-state index in [0.29, 0.717) is 6.07 Å². The molecule has 7 heteroatoms. The van der Waals surface area contributed by atoms with Gasteiger partial charge in [0.15, 0.2) is 0 Å². The molecule has 0 saturated carbocycles. The van der Waals surface area contributed by atoms with Crippen molar-refractivity contribution in [2.24, 2.45) is 0 Å². The van der Waals surface area contributed by atoms with E-state index in [0.717, 1.165) is 12.1 Å². The van der Waals surface area contributed by atoms with Gasteiger partial charge in [-0.25, -0.2) is 0 Å². The first-order chi connectivity index (χ1) is 8.71. The highest BCUT2D eigenvalue weighted by atomic mass is 19.4. The molecule has 0 spiro atoms. The Morgan fingerprint density at radius 2 is 1.20 bits per heavy atom. The fourth-order valence-corrected chi connectivity index (χ4v) is 1.70. The van der Waals surface area contributed by atoms with E-state index >= 15 is 0 Å². The summed E-state index contributed by atoms with van der Waals surface area (Å²) in [6, 6.07) is 3.84. The SMILES string of the molecule is CC(C)(C)c1cccc(C(O)(C(F)(F)F)C(F)(F)F)c1. The summed E-state index contributed by atoms with van der Waals surface area (Å²) < 4.78 is 76.5.